The highest BCUT2D eigenvalue weighted by atomic mass is 32.2. The van der Waals surface area contributed by atoms with Crippen LogP contribution in [0.5, 0.6) is 0 Å². The average molecular weight is 353 g/mol. The summed E-state index contributed by atoms with van der Waals surface area (Å²) in [6, 6.07) is 0. The number of hydrogen-bond acceptors (Lipinski definition) is 6. The maximum absolute atomic E-state index is 12.3. The standard InChI is InChI=1S/C14H19N5O4S/c1-10-5-15-13-12(7-17-19(13)8-10)14(20)16-6-11-9-18(3-4-23-11)24(2,21)22/h5,7-8,11H,3-4,6,9H2,1-2H3,(H,16,20)/t11-/m0/s1. The van der Waals surface area contributed by atoms with Crippen molar-refractivity contribution in [3.05, 3.63) is 29.7 Å². The van der Waals surface area contributed by atoms with Crippen molar-refractivity contribution in [2.45, 2.75) is 13.0 Å². The fourth-order valence-electron chi connectivity index (χ4n) is 2.55. The number of carbonyl (C=O) groups excluding carboxylic acids is 1. The lowest BCUT2D eigenvalue weighted by Crippen LogP contribution is -2.49. The van der Waals surface area contributed by atoms with E-state index in [-0.39, 0.29) is 25.1 Å². The molecule has 0 unspecified atom stereocenters. The summed E-state index contributed by atoms with van der Waals surface area (Å²) in [6.07, 6.45) is 5.70. The van der Waals surface area contributed by atoms with E-state index in [1.54, 1.807) is 16.9 Å². The minimum Gasteiger partial charge on any atom is -0.374 e. The van der Waals surface area contributed by atoms with Gasteiger partial charge in [0.1, 0.15) is 5.56 Å². The topological polar surface area (TPSA) is 106 Å². The van der Waals surface area contributed by atoms with E-state index >= 15 is 0 Å². The summed E-state index contributed by atoms with van der Waals surface area (Å²) in [4.78, 5) is 16.6. The monoisotopic (exact) mass is 353 g/mol. The molecule has 24 heavy (non-hydrogen) atoms. The van der Waals surface area contributed by atoms with Crippen molar-refractivity contribution in [1.29, 1.82) is 0 Å². The summed E-state index contributed by atoms with van der Waals surface area (Å²) < 4.78 is 31.6. The molecule has 0 aromatic carbocycles. The van der Waals surface area contributed by atoms with E-state index in [0.29, 0.717) is 24.4 Å². The molecule has 1 atom stereocenters. The van der Waals surface area contributed by atoms with Crippen molar-refractivity contribution in [1.82, 2.24) is 24.2 Å². The second kappa shape index (κ2) is 6.46. The fraction of sp³-hybridized carbons (Fsp3) is 0.500. The maximum Gasteiger partial charge on any atom is 0.256 e. The number of nitrogens with one attached hydrogen (secondary N) is 1. The molecule has 3 rings (SSSR count). The highest BCUT2D eigenvalue weighted by Crippen LogP contribution is 2.10. The first-order chi connectivity index (χ1) is 11.3. The average Bonchev–Trinajstić information content (AvgIpc) is 2.95. The Bertz CT molecular complexity index is 863. The number of rotatable bonds is 4. The molecular formula is C14H19N5O4S. The van der Waals surface area contributed by atoms with Gasteiger partial charge < -0.3 is 10.1 Å². The molecule has 2 aromatic rings. The molecule has 0 bridgehead atoms. The van der Waals surface area contributed by atoms with Crippen molar-refractivity contribution >= 4 is 21.6 Å². The van der Waals surface area contributed by atoms with Crippen LogP contribution < -0.4 is 5.32 Å². The molecule has 3 heterocycles. The fourth-order valence-corrected chi connectivity index (χ4v) is 3.39. The Balaban J connectivity index is 1.64. The molecule has 10 heteroatoms. The van der Waals surface area contributed by atoms with Crippen LogP contribution in [-0.2, 0) is 14.8 Å². The van der Waals surface area contributed by atoms with Crippen LogP contribution in [0.15, 0.2) is 18.6 Å². The number of sulfonamides is 1. The highest BCUT2D eigenvalue weighted by molar-refractivity contribution is 7.88. The van der Waals surface area contributed by atoms with Gasteiger partial charge >= 0.3 is 0 Å². The number of hydrogen-bond donors (Lipinski definition) is 1. The first kappa shape index (κ1) is 16.8. The van der Waals surface area contributed by atoms with Crippen LogP contribution >= 0.6 is 0 Å². The first-order valence-electron chi connectivity index (χ1n) is 7.49. The third-order valence-electron chi connectivity index (χ3n) is 3.79. The van der Waals surface area contributed by atoms with E-state index in [1.807, 2.05) is 6.92 Å². The Morgan fingerprint density at radius 1 is 1.46 bits per heavy atom. The molecule has 1 fully saturated rings. The Kier molecular flexibility index (Phi) is 4.52. The quantitative estimate of drug-likeness (QED) is 0.789. The number of morpholine rings is 1. The predicted molar refractivity (Wildman–Crippen MR) is 86.2 cm³/mol. The second-order valence-electron chi connectivity index (χ2n) is 5.78. The van der Waals surface area contributed by atoms with Gasteiger partial charge in [-0.1, -0.05) is 0 Å². The first-order valence-corrected chi connectivity index (χ1v) is 9.34. The molecule has 0 radical (unpaired) electrons. The van der Waals surface area contributed by atoms with Crippen LogP contribution in [0.3, 0.4) is 0 Å². The van der Waals surface area contributed by atoms with Crippen LogP contribution in [0.2, 0.25) is 0 Å². The van der Waals surface area contributed by atoms with Gasteiger partial charge in [-0.3, -0.25) is 4.79 Å². The van der Waals surface area contributed by atoms with Crippen molar-refractivity contribution in [2.24, 2.45) is 0 Å². The summed E-state index contributed by atoms with van der Waals surface area (Å²) in [5.41, 5.74) is 1.78. The van der Waals surface area contributed by atoms with Gasteiger partial charge in [0.05, 0.1) is 25.2 Å². The van der Waals surface area contributed by atoms with Gasteiger partial charge in [-0.05, 0) is 12.5 Å². The van der Waals surface area contributed by atoms with E-state index in [1.165, 1.54) is 16.8 Å². The predicted octanol–water partition coefficient (Wildman–Crippen LogP) is -0.572. The lowest BCUT2D eigenvalue weighted by Gasteiger charge is -2.31. The maximum atomic E-state index is 12.3. The van der Waals surface area contributed by atoms with Gasteiger partial charge in [-0.15, -0.1) is 0 Å². The van der Waals surface area contributed by atoms with Gasteiger partial charge in [-0.2, -0.15) is 9.40 Å². The summed E-state index contributed by atoms with van der Waals surface area (Å²) in [6.45, 7) is 2.98. The number of nitrogens with zero attached hydrogens (tertiary/aromatic N) is 4. The van der Waals surface area contributed by atoms with Gasteiger partial charge in [-0.25, -0.2) is 17.9 Å². The number of aryl methyl sites for hydroxylation is 1. The van der Waals surface area contributed by atoms with Crippen molar-refractivity contribution in [3.63, 3.8) is 0 Å². The summed E-state index contributed by atoms with van der Waals surface area (Å²) >= 11 is 0. The number of aromatic nitrogens is 3. The van der Waals surface area contributed by atoms with Crippen molar-refractivity contribution < 1.29 is 17.9 Å². The lowest BCUT2D eigenvalue weighted by atomic mass is 10.2. The molecule has 1 amide bonds. The Hall–Kier alpha value is -2.04. The normalized spacial score (nSPS) is 19.5. The van der Waals surface area contributed by atoms with E-state index < -0.39 is 10.0 Å². The van der Waals surface area contributed by atoms with Crippen molar-refractivity contribution in [3.8, 4) is 0 Å². The minimum atomic E-state index is -3.26. The SMILES string of the molecule is Cc1cnc2c(C(=O)NC[C@H]3CN(S(C)(=O)=O)CCO3)cnn2c1. The van der Waals surface area contributed by atoms with Gasteiger partial charge in [0, 0.05) is 32.0 Å². The molecule has 130 valence electrons. The summed E-state index contributed by atoms with van der Waals surface area (Å²) in [5.74, 6) is -0.318. The molecule has 1 aliphatic heterocycles. The largest absolute Gasteiger partial charge is 0.374 e. The van der Waals surface area contributed by atoms with E-state index in [0.717, 1.165) is 5.56 Å². The van der Waals surface area contributed by atoms with Gasteiger partial charge in [0.25, 0.3) is 5.91 Å². The third-order valence-corrected chi connectivity index (χ3v) is 5.06. The molecule has 1 saturated heterocycles. The molecule has 0 saturated carbocycles. The number of amides is 1. The Morgan fingerprint density at radius 3 is 3.00 bits per heavy atom. The van der Waals surface area contributed by atoms with Crippen LogP contribution in [0, 0.1) is 6.92 Å². The highest BCUT2D eigenvalue weighted by Gasteiger charge is 2.27. The molecular weight excluding hydrogens is 334 g/mol. The zero-order valence-electron chi connectivity index (χ0n) is 13.5. The Labute approximate surface area is 139 Å². The van der Waals surface area contributed by atoms with Gasteiger partial charge in [0.15, 0.2) is 5.65 Å². The number of fused-ring (bicyclic) bond motifs is 1. The molecule has 0 aliphatic carbocycles. The zero-order chi connectivity index (χ0) is 17.3. The molecule has 2 aromatic heterocycles. The minimum absolute atomic E-state index is 0.216. The molecule has 0 spiro atoms. The zero-order valence-corrected chi connectivity index (χ0v) is 14.3. The third kappa shape index (κ3) is 3.55. The van der Waals surface area contributed by atoms with Crippen LogP contribution in [0.25, 0.3) is 5.65 Å². The lowest BCUT2D eigenvalue weighted by molar-refractivity contribution is 0.000445. The molecule has 1 aliphatic rings. The van der Waals surface area contributed by atoms with Crippen LogP contribution in [0.4, 0.5) is 0 Å². The number of carbonyl (C=O) groups is 1. The van der Waals surface area contributed by atoms with E-state index in [4.69, 9.17) is 4.74 Å². The van der Waals surface area contributed by atoms with Crippen molar-refractivity contribution in [2.75, 3.05) is 32.5 Å². The summed E-state index contributed by atoms with van der Waals surface area (Å²) in [5, 5.41) is 6.87. The summed E-state index contributed by atoms with van der Waals surface area (Å²) in [7, 11) is -3.26. The molecule has 1 N–H and O–H groups in total. The Morgan fingerprint density at radius 2 is 2.25 bits per heavy atom. The smallest absolute Gasteiger partial charge is 0.256 e. The number of ether oxygens (including phenoxy) is 1. The molecule has 9 nitrogen and oxygen atoms in total. The second-order valence-corrected chi connectivity index (χ2v) is 7.76. The van der Waals surface area contributed by atoms with E-state index in [9.17, 15) is 13.2 Å². The van der Waals surface area contributed by atoms with Gasteiger partial charge in [0.2, 0.25) is 10.0 Å². The van der Waals surface area contributed by atoms with Crippen LogP contribution in [-0.4, -0.2) is 71.8 Å². The van der Waals surface area contributed by atoms with E-state index in [2.05, 4.69) is 15.4 Å². The van der Waals surface area contributed by atoms with Crippen LogP contribution in [0.1, 0.15) is 15.9 Å².